The largest absolute Gasteiger partial charge is 0.251 e. The maximum Gasteiger partial charge on any atom is 0.0928 e. The van der Waals surface area contributed by atoms with Gasteiger partial charge in [0.05, 0.1) is 6.67 Å². The van der Waals surface area contributed by atoms with Crippen LogP contribution in [0.5, 0.6) is 0 Å². The van der Waals surface area contributed by atoms with E-state index in [1.165, 1.54) is 42.4 Å². The second kappa shape index (κ2) is 8.48. The van der Waals surface area contributed by atoms with Gasteiger partial charge in [0.2, 0.25) is 0 Å². The van der Waals surface area contributed by atoms with Crippen LogP contribution in [-0.2, 0) is 0 Å². The first kappa shape index (κ1) is 17.2. The number of rotatable bonds is 5. The van der Waals surface area contributed by atoms with Crippen LogP contribution in [0.1, 0.15) is 43.6 Å². The molecule has 24 heavy (non-hydrogen) atoms. The molecule has 0 heterocycles. The summed E-state index contributed by atoms with van der Waals surface area (Å²) in [6.45, 7) is -0.244. The van der Waals surface area contributed by atoms with Crippen molar-refractivity contribution in [3.05, 3.63) is 71.3 Å². The summed E-state index contributed by atoms with van der Waals surface area (Å²) in [5.41, 5.74) is 3.88. The summed E-state index contributed by atoms with van der Waals surface area (Å²) in [5.74, 6) is 1.30. The van der Waals surface area contributed by atoms with E-state index >= 15 is 0 Å². The van der Waals surface area contributed by atoms with Crippen molar-refractivity contribution in [2.75, 3.05) is 6.67 Å². The first-order chi connectivity index (χ1) is 11.8. The lowest BCUT2D eigenvalue weighted by Crippen LogP contribution is -2.11. The van der Waals surface area contributed by atoms with Crippen molar-refractivity contribution in [2.45, 2.75) is 38.0 Å². The number of benzene rings is 2. The van der Waals surface area contributed by atoms with Crippen molar-refractivity contribution < 1.29 is 4.39 Å². The van der Waals surface area contributed by atoms with Gasteiger partial charge in [0.25, 0.3) is 0 Å². The summed E-state index contributed by atoms with van der Waals surface area (Å²) >= 11 is 5.95. The van der Waals surface area contributed by atoms with E-state index in [0.717, 1.165) is 5.02 Å². The Bertz CT molecular complexity index is 649. The van der Waals surface area contributed by atoms with Gasteiger partial charge >= 0.3 is 0 Å². The molecule has 0 amide bonds. The number of hydrogen-bond donors (Lipinski definition) is 0. The summed E-state index contributed by atoms with van der Waals surface area (Å²) in [7, 11) is 0. The third-order valence-electron chi connectivity index (χ3n) is 5.02. The Labute approximate surface area is 149 Å². The highest BCUT2D eigenvalue weighted by Gasteiger charge is 2.20. The molecule has 0 N–H and O–H groups in total. The minimum absolute atomic E-state index is 0.244. The molecule has 2 aromatic carbocycles. The molecule has 1 fully saturated rings. The molecule has 0 spiro atoms. The van der Waals surface area contributed by atoms with E-state index < -0.39 is 0 Å². The molecule has 2 aromatic rings. The molecule has 1 aliphatic carbocycles. The fraction of sp³-hybridized carbons (Fsp3) is 0.364. The van der Waals surface area contributed by atoms with Crippen LogP contribution in [-0.4, -0.2) is 6.67 Å². The van der Waals surface area contributed by atoms with Crippen molar-refractivity contribution in [1.29, 1.82) is 0 Å². The van der Waals surface area contributed by atoms with Crippen LogP contribution in [0.25, 0.3) is 11.1 Å². The molecule has 0 nitrogen and oxygen atoms in total. The average molecular weight is 343 g/mol. The number of alkyl halides is 1. The van der Waals surface area contributed by atoms with Crippen LogP contribution in [0.15, 0.2) is 60.7 Å². The van der Waals surface area contributed by atoms with E-state index in [9.17, 15) is 4.39 Å². The highest BCUT2D eigenvalue weighted by molar-refractivity contribution is 6.30. The molecule has 0 aliphatic heterocycles. The van der Waals surface area contributed by atoms with Crippen molar-refractivity contribution in [3.63, 3.8) is 0 Å². The third-order valence-corrected chi connectivity index (χ3v) is 5.27. The standard InChI is InChI=1S/C22H24ClF/c23-22-14-12-21(13-15-22)20-10-8-19(9-11-20)18-6-4-17(5-7-18)3-1-2-16-24/h1,3,8-15,17-18H,2,4-7,16H2. The summed E-state index contributed by atoms with van der Waals surface area (Å²) < 4.78 is 12.1. The molecule has 1 aliphatic rings. The zero-order chi connectivity index (χ0) is 16.8. The number of hydrogen-bond acceptors (Lipinski definition) is 0. The van der Waals surface area contributed by atoms with Crippen molar-refractivity contribution in [3.8, 4) is 11.1 Å². The van der Waals surface area contributed by atoms with Crippen LogP contribution >= 0.6 is 11.6 Å². The topological polar surface area (TPSA) is 0 Å². The normalized spacial score (nSPS) is 21.2. The Morgan fingerprint density at radius 3 is 2.04 bits per heavy atom. The van der Waals surface area contributed by atoms with Crippen molar-refractivity contribution in [1.82, 2.24) is 0 Å². The Morgan fingerprint density at radius 1 is 0.875 bits per heavy atom. The van der Waals surface area contributed by atoms with Crippen LogP contribution in [0, 0.1) is 5.92 Å². The molecule has 2 heteroatoms. The quantitative estimate of drug-likeness (QED) is 0.504. The lowest BCUT2D eigenvalue weighted by Gasteiger charge is -2.27. The van der Waals surface area contributed by atoms with Gasteiger partial charge in [-0.25, -0.2) is 0 Å². The highest BCUT2D eigenvalue weighted by Crippen LogP contribution is 2.37. The Morgan fingerprint density at radius 2 is 1.46 bits per heavy atom. The minimum atomic E-state index is -0.244. The van der Waals surface area contributed by atoms with Crippen LogP contribution in [0.2, 0.25) is 5.02 Å². The van der Waals surface area contributed by atoms with Gasteiger partial charge in [0, 0.05) is 5.02 Å². The molecule has 0 radical (unpaired) electrons. The predicted molar refractivity (Wildman–Crippen MR) is 101 cm³/mol. The van der Waals surface area contributed by atoms with Gasteiger partial charge in [-0.05, 0) is 72.8 Å². The summed E-state index contributed by atoms with van der Waals surface area (Å²) in [5, 5.41) is 0.771. The van der Waals surface area contributed by atoms with Gasteiger partial charge in [-0.1, -0.05) is 60.2 Å². The van der Waals surface area contributed by atoms with Gasteiger partial charge in [-0.3, -0.25) is 4.39 Å². The highest BCUT2D eigenvalue weighted by atomic mass is 35.5. The first-order valence-electron chi connectivity index (χ1n) is 8.85. The number of halogens is 2. The molecular formula is C22H24ClF. The predicted octanol–water partition coefficient (Wildman–Crippen LogP) is 7.20. The molecule has 3 rings (SSSR count). The van der Waals surface area contributed by atoms with Crippen LogP contribution in [0.3, 0.4) is 0 Å². The fourth-order valence-corrected chi connectivity index (χ4v) is 3.71. The first-order valence-corrected chi connectivity index (χ1v) is 9.22. The molecule has 1 saturated carbocycles. The molecule has 0 bridgehead atoms. The summed E-state index contributed by atoms with van der Waals surface area (Å²) in [4.78, 5) is 0. The summed E-state index contributed by atoms with van der Waals surface area (Å²) in [6, 6.07) is 17.0. The van der Waals surface area contributed by atoms with Gasteiger partial charge in [0.15, 0.2) is 0 Å². The third kappa shape index (κ3) is 4.48. The molecule has 126 valence electrons. The fourth-order valence-electron chi connectivity index (χ4n) is 3.59. The molecular weight excluding hydrogens is 319 g/mol. The van der Waals surface area contributed by atoms with Gasteiger partial charge < -0.3 is 0 Å². The van der Waals surface area contributed by atoms with Crippen LogP contribution < -0.4 is 0 Å². The zero-order valence-corrected chi connectivity index (χ0v) is 14.7. The summed E-state index contributed by atoms with van der Waals surface area (Å²) in [6.07, 6.45) is 9.67. The Hall–Kier alpha value is -1.60. The van der Waals surface area contributed by atoms with E-state index in [-0.39, 0.29) is 6.67 Å². The lowest BCUT2D eigenvalue weighted by atomic mass is 9.78. The molecule has 0 aromatic heterocycles. The van der Waals surface area contributed by atoms with E-state index in [0.29, 0.717) is 18.3 Å². The molecule has 0 unspecified atom stereocenters. The van der Waals surface area contributed by atoms with E-state index in [2.05, 4.69) is 42.5 Å². The second-order valence-corrected chi connectivity index (χ2v) is 7.08. The van der Waals surface area contributed by atoms with E-state index in [4.69, 9.17) is 11.6 Å². The minimum Gasteiger partial charge on any atom is -0.251 e. The van der Waals surface area contributed by atoms with Crippen molar-refractivity contribution in [2.24, 2.45) is 5.92 Å². The smallest absolute Gasteiger partial charge is 0.0928 e. The lowest BCUT2D eigenvalue weighted by molar-refractivity contribution is 0.375. The Kier molecular flexibility index (Phi) is 6.09. The van der Waals surface area contributed by atoms with E-state index in [1.54, 1.807) is 0 Å². The van der Waals surface area contributed by atoms with Gasteiger partial charge in [0.1, 0.15) is 0 Å². The van der Waals surface area contributed by atoms with E-state index in [1.807, 2.05) is 18.2 Å². The van der Waals surface area contributed by atoms with Gasteiger partial charge in [-0.2, -0.15) is 0 Å². The molecule has 0 saturated heterocycles. The van der Waals surface area contributed by atoms with Gasteiger partial charge in [-0.15, -0.1) is 0 Å². The van der Waals surface area contributed by atoms with Crippen molar-refractivity contribution >= 4 is 11.6 Å². The SMILES string of the molecule is FCCC=CC1CCC(c2ccc(-c3ccc(Cl)cc3)cc2)CC1. The van der Waals surface area contributed by atoms with Crippen LogP contribution in [0.4, 0.5) is 4.39 Å². The maximum atomic E-state index is 12.1. The average Bonchev–Trinajstić information content (AvgIpc) is 2.63. The monoisotopic (exact) mass is 342 g/mol. The molecule has 0 atom stereocenters. The zero-order valence-electron chi connectivity index (χ0n) is 13.9. The Balaban J connectivity index is 1.59. The maximum absolute atomic E-state index is 12.1. The second-order valence-electron chi connectivity index (χ2n) is 6.65. The number of allylic oxidation sites excluding steroid dienone is 2.